The number of carbonyl (C=O) groups is 1. The molecular weight excluding hydrogens is 572 g/mol. The minimum absolute atomic E-state index is 0.0611. The summed E-state index contributed by atoms with van der Waals surface area (Å²) in [6.07, 6.45) is 0.874. The Kier molecular flexibility index (Phi) is 8.47. The van der Waals surface area contributed by atoms with Crippen LogP contribution in [-0.4, -0.2) is 66.5 Å². The number of pyridine rings is 1. The molecule has 0 spiro atoms. The summed E-state index contributed by atoms with van der Waals surface area (Å²) in [5, 5.41) is 0.957. The number of ketones is 1. The van der Waals surface area contributed by atoms with Gasteiger partial charge in [0.15, 0.2) is 10.9 Å². The predicted molar refractivity (Wildman–Crippen MR) is 154 cm³/mol. The van der Waals surface area contributed by atoms with Gasteiger partial charge in [-0.3, -0.25) is 9.59 Å². The number of likely N-dealkylation sites (N-methyl/N-ethyl adjacent to an activating group) is 1. The van der Waals surface area contributed by atoms with Crippen molar-refractivity contribution in [2.24, 2.45) is 0 Å². The summed E-state index contributed by atoms with van der Waals surface area (Å²) in [5.41, 5.74) is -1.78. The van der Waals surface area contributed by atoms with Crippen LogP contribution in [0.4, 0.5) is 33.4 Å². The summed E-state index contributed by atoms with van der Waals surface area (Å²) < 4.78 is 59.8. The number of H-pyrrole nitrogens is 1. The van der Waals surface area contributed by atoms with Gasteiger partial charge < -0.3 is 19.7 Å². The van der Waals surface area contributed by atoms with E-state index in [0.29, 0.717) is 54.4 Å². The molecule has 1 saturated heterocycles. The van der Waals surface area contributed by atoms with Crippen molar-refractivity contribution in [3.63, 3.8) is 0 Å². The van der Waals surface area contributed by atoms with Crippen molar-refractivity contribution in [2.45, 2.75) is 32.2 Å². The molecule has 8 nitrogen and oxygen atoms in total. The molecule has 2 aliphatic rings. The van der Waals surface area contributed by atoms with Gasteiger partial charge in [0.1, 0.15) is 11.6 Å². The fraction of sp³-hybridized carbons (Fsp3) is 0.379. The van der Waals surface area contributed by atoms with Gasteiger partial charge in [-0.1, -0.05) is 6.08 Å². The summed E-state index contributed by atoms with van der Waals surface area (Å²) >= 11 is 1.18. The standard InChI is InChI=1S/C29H28F4N6O2S/c1-16-14-38(8-7-37(16)3)22-11-21(30)26(17-5-4-6-39(15-17)29-36-13-25(34-2)42-29)27(31)19(22)9-23(40)20-12-35-24(41)10-18(20)28(32)33/h5,10-13,16,28H,4,6-9,14-15H2,1,3H3,(H,35,41)/t16-/m0/s1. The van der Waals surface area contributed by atoms with Crippen LogP contribution in [-0.2, 0) is 6.42 Å². The van der Waals surface area contributed by atoms with Crippen LogP contribution in [0.15, 0.2) is 35.4 Å². The molecule has 0 radical (unpaired) electrons. The minimum atomic E-state index is -3.09. The van der Waals surface area contributed by atoms with Gasteiger partial charge in [-0.25, -0.2) is 27.4 Å². The van der Waals surface area contributed by atoms with Crippen molar-refractivity contribution >= 4 is 38.5 Å². The lowest BCUT2D eigenvalue weighted by molar-refractivity contribution is 0.0977. The van der Waals surface area contributed by atoms with E-state index >= 15 is 8.78 Å². The number of anilines is 2. The van der Waals surface area contributed by atoms with Gasteiger partial charge in [0, 0.05) is 86.0 Å². The third-order valence-corrected chi connectivity index (χ3v) is 8.71. The molecule has 4 heterocycles. The van der Waals surface area contributed by atoms with Gasteiger partial charge in [-0.05, 0) is 32.0 Å². The molecule has 1 atom stereocenters. The normalized spacial score (nSPS) is 17.9. The molecule has 5 rings (SSSR count). The molecule has 0 aliphatic carbocycles. The Morgan fingerprint density at radius 3 is 2.71 bits per heavy atom. The second-order valence-corrected chi connectivity index (χ2v) is 11.4. The quantitative estimate of drug-likeness (QED) is 0.221. The van der Waals surface area contributed by atoms with E-state index in [2.05, 4.69) is 19.7 Å². The topological polar surface area (TPSA) is 76.9 Å². The summed E-state index contributed by atoms with van der Waals surface area (Å²) in [5.74, 6) is -2.55. The molecule has 1 fully saturated rings. The number of nitrogens with one attached hydrogen (secondary N) is 1. The van der Waals surface area contributed by atoms with E-state index in [1.54, 1.807) is 6.08 Å². The molecular formula is C29H28F4N6O2S. The highest BCUT2D eigenvalue weighted by Gasteiger charge is 2.31. The number of carbonyl (C=O) groups excluding carboxylic acids is 1. The van der Waals surface area contributed by atoms with Crippen LogP contribution in [0, 0.1) is 18.2 Å². The fourth-order valence-electron chi connectivity index (χ4n) is 5.37. The number of alkyl halides is 2. The molecule has 13 heteroatoms. The van der Waals surface area contributed by atoms with Crippen molar-refractivity contribution in [3.8, 4) is 0 Å². The lowest BCUT2D eigenvalue weighted by Gasteiger charge is -2.40. The third-order valence-electron chi connectivity index (χ3n) is 7.76. The lowest BCUT2D eigenvalue weighted by Crippen LogP contribution is -2.50. The van der Waals surface area contributed by atoms with E-state index in [9.17, 15) is 18.4 Å². The van der Waals surface area contributed by atoms with Crippen molar-refractivity contribution in [1.82, 2.24) is 14.9 Å². The summed E-state index contributed by atoms with van der Waals surface area (Å²) in [6, 6.07) is 1.94. The second kappa shape index (κ2) is 12.1. The highest BCUT2D eigenvalue weighted by Crippen LogP contribution is 2.38. The summed E-state index contributed by atoms with van der Waals surface area (Å²) in [4.78, 5) is 40.7. The Balaban J connectivity index is 1.57. The highest BCUT2D eigenvalue weighted by atomic mass is 32.1. The van der Waals surface area contributed by atoms with Crippen molar-refractivity contribution in [1.29, 1.82) is 0 Å². The molecule has 0 bridgehead atoms. The summed E-state index contributed by atoms with van der Waals surface area (Å²) in [7, 11) is 1.95. The van der Waals surface area contributed by atoms with E-state index in [1.807, 2.05) is 23.8 Å². The number of hydrogen-bond donors (Lipinski definition) is 1. The first-order chi connectivity index (χ1) is 20.1. The van der Waals surface area contributed by atoms with Crippen LogP contribution in [0.1, 0.15) is 46.8 Å². The largest absolute Gasteiger partial charge is 0.368 e. The van der Waals surface area contributed by atoms with Gasteiger partial charge in [0.2, 0.25) is 5.56 Å². The van der Waals surface area contributed by atoms with Crippen molar-refractivity contribution in [2.75, 3.05) is 49.6 Å². The number of rotatable bonds is 7. The van der Waals surface area contributed by atoms with Crippen LogP contribution in [0.3, 0.4) is 0 Å². The molecule has 0 unspecified atom stereocenters. The second-order valence-electron chi connectivity index (χ2n) is 10.4. The van der Waals surface area contributed by atoms with E-state index < -0.39 is 47.0 Å². The molecule has 42 heavy (non-hydrogen) atoms. The number of thiazole rings is 1. The molecule has 0 amide bonds. The highest BCUT2D eigenvalue weighted by molar-refractivity contribution is 7.19. The molecule has 3 aromatic rings. The van der Waals surface area contributed by atoms with Crippen molar-refractivity contribution in [3.05, 3.63) is 86.3 Å². The van der Waals surface area contributed by atoms with Gasteiger partial charge >= 0.3 is 0 Å². The van der Waals surface area contributed by atoms with Crippen LogP contribution in [0.25, 0.3) is 10.4 Å². The lowest BCUT2D eigenvalue weighted by atomic mass is 9.92. The Morgan fingerprint density at radius 2 is 2.02 bits per heavy atom. The van der Waals surface area contributed by atoms with Crippen LogP contribution < -0.4 is 15.4 Å². The molecule has 1 aromatic carbocycles. The van der Waals surface area contributed by atoms with Crippen LogP contribution in [0.2, 0.25) is 0 Å². The smallest absolute Gasteiger partial charge is 0.264 e. The molecule has 1 N–H and O–H groups in total. The zero-order chi connectivity index (χ0) is 30.1. The molecule has 2 aliphatic heterocycles. The maximum absolute atomic E-state index is 16.5. The molecule has 2 aromatic heterocycles. The van der Waals surface area contributed by atoms with Gasteiger partial charge in [-0.15, -0.1) is 11.3 Å². The number of aromatic amines is 1. The average Bonchev–Trinajstić information content (AvgIpc) is 3.45. The van der Waals surface area contributed by atoms with Crippen molar-refractivity contribution < 1.29 is 22.4 Å². The average molecular weight is 601 g/mol. The van der Waals surface area contributed by atoms with E-state index in [4.69, 9.17) is 6.57 Å². The zero-order valence-electron chi connectivity index (χ0n) is 23.0. The van der Waals surface area contributed by atoms with Gasteiger partial charge in [-0.2, -0.15) is 0 Å². The number of aromatic nitrogens is 2. The Hall–Kier alpha value is -4.02. The zero-order valence-corrected chi connectivity index (χ0v) is 23.8. The fourth-order valence-corrected chi connectivity index (χ4v) is 6.10. The number of hydrogen-bond acceptors (Lipinski definition) is 7. The van der Waals surface area contributed by atoms with E-state index in [0.717, 1.165) is 6.20 Å². The predicted octanol–water partition coefficient (Wildman–Crippen LogP) is 5.46. The number of piperazine rings is 1. The third kappa shape index (κ3) is 5.82. The Bertz CT molecular complexity index is 1650. The maximum atomic E-state index is 16.5. The first kappa shape index (κ1) is 29.5. The minimum Gasteiger partial charge on any atom is -0.368 e. The van der Waals surface area contributed by atoms with Crippen LogP contribution in [0.5, 0.6) is 0 Å². The molecule has 0 saturated carbocycles. The molecule has 220 valence electrons. The Morgan fingerprint density at radius 1 is 1.24 bits per heavy atom. The van der Waals surface area contributed by atoms with Crippen LogP contribution >= 0.6 is 11.3 Å². The van der Waals surface area contributed by atoms with Gasteiger partial charge in [0.05, 0.1) is 12.1 Å². The number of benzene rings is 1. The first-order valence-corrected chi connectivity index (χ1v) is 14.2. The van der Waals surface area contributed by atoms with E-state index in [-0.39, 0.29) is 29.4 Å². The number of nitrogens with zero attached hydrogens (tertiary/aromatic N) is 5. The van der Waals surface area contributed by atoms with E-state index in [1.165, 1.54) is 23.6 Å². The Labute approximate surface area is 243 Å². The SMILES string of the molecule is [C-]#[N+]c1cnc(N2CCC=C(c3c(F)cc(N4CCN(C)[C@@H](C)C4)c(CC(=O)c4c[nH]c(=O)cc4C(F)F)c3F)C2)s1. The summed E-state index contributed by atoms with van der Waals surface area (Å²) in [6.45, 7) is 11.4. The number of Topliss-reactive ketones (excluding diaryl/α,β-unsaturated/α-hetero) is 1. The maximum Gasteiger partial charge on any atom is 0.264 e. The first-order valence-electron chi connectivity index (χ1n) is 13.3. The van der Waals surface area contributed by atoms with Gasteiger partial charge in [0.25, 0.3) is 11.4 Å². The monoisotopic (exact) mass is 600 g/mol. The number of halogens is 4.